The molecule has 3 rings (SSSR count). The van der Waals surface area contributed by atoms with Crippen LogP contribution in [0, 0.1) is 23.5 Å². The van der Waals surface area contributed by atoms with Gasteiger partial charge in [-0.2, -0.15) is 22.5 Å². The van der Waals surface area contributed by atoms with E-state index < -0.39 is 29.2 Å². The Morgan fingerprint density at radius 3 is 2.35 bits per heavy atom. The topological polar surface area (TPSA) is 41.1 Å². The number of anilines is 2. The van der Waals surface area contributed by atoms with Gasteiger partial charge in [0.25, 0.3) is 11.9 Å². The van der Waals surface area contributed by atoms with Gasteiger partial charge in [0.15, 0.2) is 0 Å². The molecule has 1 aliphatic rings. The maximum absolute atomic E-state index is 13.5. The summed E-state index contributed by atoms with van der Waals surface area (Å²) in [7, 11) is 0. The van der Waals surface area contributed by atoms with E-state index in [0.29, 0.717) is 5.56 Å². The van der Waals surface area contributed by atoms with Gasteiger partial charge in [-0.1, -0.05) is 0 Å². The number of halogens is 4. The van der Waals surface area contributed by atoms with Gasteiger partial charge < -0.3 is 10.2 Å². The van der Waals surface area contributed by atoms with E-state index in [-0.39, 0.29) is 6.54 Å². The first kappa shape index (κ1) is 15.5. The Labute approximate surface area is 130 Å². The summed E-state index contributed by atoms with van der Waals surface area (Å²) in [5.74, 6) is -5.68. The van der Waals surface area contributed by atoms with E-state index >= 15 is 0 Å². The quantitative estimate of drug-likeness (QED) is 0.692. The zero-order chi connectivity index (χ0) is 16.4. The van der Waals surface area contributed by atoms with E-state index in [9.17, 15) is 17.6 Å². The predicted octanol–water partition coefficient (Wildman–Crippen LogP) is 3.25. The molecule has 1 N–H and O–H groups in total. The summed E-state index contributed by atoms with van der Waals surface area (Å²) in [5.41, 5.74) is -0.173. The fraction of sp³-hybridized carbons (Fsp3) is 0.333. The third kappa shape index (κ3) is 3.20. The van der Waals surface area contributed by atoms with Crippen LogP contribution in [0.2, 0.25) is 0 Å². The highest BCUT2D eigenvalue weighted by molar-refractivity contribution is 5.47. The van der Waals surface area contributed by atoms with Crippen molar-refractivity contribution < 1.29 is 17.6 Å². The van der Waals surface area contributed by atoms with Gasteiger partial charge in [-0.15, -0.1) is 0 Å². The third-order valence-corrected chi connectivity index (χ3v) is 3.71. The Kier molecular flexibility index (Phi) is 4.31. The summed E-state index contributed by atoms with van der Waals surface area (Å²) in [6, 6.07) is 3.44. The monoisotopic (exact) mass is 326 g/mol. The molecule has 0 amide bonds. The molecule has 0 bridgehead atoms. The molecule has 0 saturated carbocycles. The first-order chi connectivity index (χ1) is 11.1. The summed E-state index contributed by atoms with van der Waals surface area (Å²) in [4.78, 5) is 8.88. The Morgan fingerprint density at radius 1 is 1.04 bits per heavy atom. The van der Waals surface area contributed by atoms with E-state index in [0.717, 1.165) is 31.7 Å². The lowest BCUT2D eigenvalue weighted by atomic mass is 10.2. The average molecular weight is 326 g/mol. The normalized spacial score (nSPS) is 14.3. The molecule has 0 aromatic carbocycles. The average Bonchev–Trinajstić information content (AvgIpc) is 3.08. The fourth-order valence-electron chi connectivity index (χ4n) is 2.52. The zero-order valence-corrected chi connectivity index (χ0v) is 12.1. The van der Waals surface area contributed by atoms with Gasteiger partial charge in [-0.3, -0.25) is 0 Å². The van der Waals surface area contributed by atoms with Crippen molar-refractivity contribution in [1.29, 1.82) is 0 Å². The van der Waals surface area contributed by atoms with Crippen LogP contribution >= 0.6 is 0 Å². The molecule has 8 heteroatoms. The molecule has 0 radical (unpaired) electrons. The molecule has 2 aromatic heterocycles. The summed E-state index contributed by atoms with van der Waals surface area (Å²) in [5, 5.41) is 2.38. The molecule has 1 aliphatic heterocycles. The van der Waals surface area contributed by atoms with Crippen LogP contribution in [0.15, 0.2) is 18.3 Å². The number of hydrogen-bond acceptors (Lipinski definition) is 4. The molecule has 1 fully saturated rings. The highest BCUT2D eigenvalue weighted by Crippen LogP contribution is 2.23. The highest BCUT2D eigenvalue weighted by atomic mass is 19.2. The van der Waals surface area contributed by atoms with Gasteiger partial charge in [0, 0.05) is 25.8 Å². The van der Waals surface area contributed by atoms with Crippen molar-refractivity contribution in [3.05, 3.63) is 47.4 Å². The number of nitrogens with zero attached hydrogens (tertiary/aromatic N) is 3. The minimum absolute atomic E-state index is 0.0000926. The van der Waals surface area contributed by atoms with Crippen molar-refractivity contribution in [3.63, 3.8) is 0 Å². The largest absolute Gasteiger partial charge is 0.376 e. The van der Waals surface area contributed by atoms with Crippen LogP contribution in [0.5, 0.6) is 0 Å². The molecule has 23 heavy (non-hydrogen) atoms. The maximum atomic E-state index is 13.5. The van der Waals surface area contributed by atoms with Crippen LogP contribution in [0.4, 0.5) is 29.1 Å². The Balaban J connectivity index is 1.77. The molecule has 0 unspecified atom stereocenters. The van der Waals surface area contributed by atoms with E-state index in [4.69, 9.17) is 0 Å². The van der Waals surface area contributed by atoms with Gasteiger partial charge in [0.05, 0.1) is 0 Å². The van der Waals surface area contributed by atoms with E-state index in [1.807, 2.05) is 0 Å². The first-order valence-corrected chi connectivity index (χ1v) is 7.20. The second-order valence-corrected chi connectivity index (χ2v) is 5.27. The van der Waals surface area contributed by atoms with Gasteiger partial charge in [-0.05, 0) is 30.5 Å². The molecule has 1 saturated heterocycles. The standard InChI is InChI=1S/C15H14F4N4/c16-11-13(12(17)15(19)22-14(11)18)21-8-9-3-4-20-10(7-9)23-5-1-2-6-23/h3-4,7H,1-2,5-6,8H2,(H,21,22). The van der Waals surface area contributed by atoms with Crippen LogP contribution in [-0.4, -0.2) is 23.1 Å². The lowest BCUT2D eigenvalue weighted by Crippen LogP contribution is -2.19. The van der Waals surface area contributed by atoms with Crippen molar-refractivity contribution in [2.45, 2.75) is 19.4 Å². The summed E-state index contributed by atoms with van der Waals surface area (Å²) in [6.07, 6.45) is 3.78. The van der Waals surface area contributed by atoms with Gasteiger partial charge in [-0.25, -0.2) is 4.98 Å². The molecule has 3 heterocycles. The van der Waals surface area contributed by atoms with Gasteiger partial charge in [0.2, 0.25) is 11.6 Å². The van der Waals surface area contributed by atoms with Crippen molar-refractivity contribution >= 4 is 11.5 Å². The predicted molar refractivity (Wildman–Crippen MR) is 77.1 cm³/mol. The SMILES string of the molecule is Fc1nc(F)c(F)c(NCc2ccnc(N3CCCC3)c2)c1F. The molecule has 0 atom stereocenters. The van der Waals surface area contributed by atoms with Crippen LogP contribution < -0.4 is 10.2 Å². The number of pyridine rings is 2. The van der Waals surface area contributed by atoms with E-state index in [1.165, 1.54) is 0 Å². The van der Waals surface area contributed by atoms with E-state index in [2.05, 4.69) is 20.2 Å². The number of aromatic nitrogens is 2. The molecular formula is C15H14F4N4. The minimum Gasteiger partial charge on any atom is -0.376 e. The second-order valence-electron chi connectivity index (χ2n) is 5.27. The molecule has 2 aromatic rings. The van der Waals surface area contributed by atoms with Crippen molar-refractivity contribution in [2.75, 3.05) is 23.3 Å². The Bertz CT molecular complexity index is 691. The minimum atomic E-state index is -1.68. The van der Waals surface area contributed by atoms with Crippen molar-refractivity contribution in [1.82, 2.24) is 9.97 Å². The Morgan fingerprint density at radius 2 is 1.70 bits per heavy atom. The fourth-order valence-corrected chi connectivity index (χ4v) is 2.52. The molecular weight excluding hydrogens is 312 g/mol. The number of nitrogens with one attached hydrogen (secondary N) is 1. The van der Waals surface area contributed by atoms with Crippen LogP contribution in [0.3, 0.4) is 0 Å². The third-order valence-electron chi connectivity index (χ3n) is 3.71. The van der Waals surface area contributed by atoms with Crippen LogP contribution in [0.1, 0.15) is 18.4 Å². The molecule has 122 valence electrons. The first-order valence-electron chi connectivity index (χ1n) is 7.20. The van der Waals surface area contributed by atoms with Crippen molar-refractivity contribution in [2.24, 2.45) is 0 Å². The Hall–Kier alpha value is -2.38. The number of hydrogen-bond donors (Lipinski definition) is 1. The smallest absolute Gasteiger partial charge is 0.253 e. The summed E-state index contributed by atoms with van der Waals surface area (Å²) in [6.45, 7) is 1.82. The molecule has 4 nitrogen and oxygen atoms in total. The summed E-state index contributed by atoms with van der Waals surface area (Å²) < 4.78 is 53.2. The zero-order valence-electron chi connectivity index (χ0n) is 12.1. The van der Waals surface area contributed by atoms with Crippen LogP contribution in [-0.2, 0) is 6.54 Å². The van der Waals surface area contributed by atoms with Crippen LogP contribution in [0.25, 0.3) is 0 Å². The van der Waals surface area contributed by atoms with Gasteiger partial charge >= 0.3 is 0 Å². The highest BCUT2D eigenvalue weighted by Gasteiger charge is 2.20. The maximum Gasteiger partial charge on any atom is 0.253 e. The number of rotatable bonds is 4. The lowest BCUT2D eigenvalue weighted by molar-refractivity contribution is 0.410. The lowest BCUT2D eigenvalue weighted by Gasteiger charge is -2.17. The second kappa shape index (κ2) is 6.39. The van der Waals surface area contributed by atoms with E-state index in [1.54, 1.807) is 18.3 Å². The molecule has 0 aliphatic carbocycles. The summed E-state index contributed by atoms with van der Waals surface area (Å²) >= 11 is 0. The molecule has 0 spiro atoms. The van der Waals surface area contributed by atoms with Crippen molar-refractivity contribution in [3.8, 4) is 0 Å². The van der Waals surface area contributed by atoms with Gasteiger partial charge in [0.1, 0.15) is 11.5 Å².